The van der Waals surface area contributed by atoms with Gasteiger partial charge in [0.2, 0.25) is 0 Å². The Hall–Kier alpha value is -2.28. The number of ether oxygens (including phenoxy) is 2. The normalized spacial score (nSPS) is 21.0. The molecule has 2 N–H and O–H groups in total. The first-order valence-corrected chi connectivity index (χ1v) is 6.81. The molecular weight excluding hydrogens is 276 g/mol. The second kappa shape index (κ2) is 5.61. The summed E-state index contributed by atoms with van der Waals surface area (Å²) in [6.07, 6.45) is 0. The highest BCUT2D eigenvalue weighted by Gasteiger charge is 2.32. The van der Waals surface area contributed by atoms with Crippen molar-refractivity contribution in [2.45, 2.75) is 6.04 Å². The highest BCUT2D eigenvalue weighted by molar-refractivity contribution is 5.97. The Morgan fingerprint density at radius 2 is 2.00 bits per heavy atom. The molecule has 1 aromatic rings. The number of carbonyl (C=O) groups excluding carboxylic acids is 1. The second-order valence-corrected chi connectivity index (χ2v) is 4.92. The van der Waals surface area contributed by atoms with Crippen molar-refractivity contribution < 1.29 is 24.2 Å². The number of hydrogen-bond donors (Lipinski definition) is 2. The van der Waals surface area contributed by atoms with E-state index in [1.54, 1.807) is 18.2 Å². The fourth-order valence-electron chi connectivity index (χ4n) is 2.51. The van der Waals surface area contributed by atoms with Gasteiger partial charge in [-0.05, 0) is 18.2 Å². The number of benzene rings is 1. The summed E-state index contributed by atoms with van der Waals surface area (Å²) in [6.45, 7) is 2.13. The number of fused-ring (bicyclic) bond motifs is 1. The molecule has 0 radical (unpaired) electrons. The van der Waals surface area contributed by atoms with Crippen molar-refractivity contribution in [3.8, 4) is 11.5 Å². The number of nitrogens with one attached hydrogen (secondary N) is 1. The molecule has 0 saturated carbocycles. The summed E-state index contributed by atoms with van der Waals surface area (Å²) in [5.41, 5.74) is 0.410. The molecule has 0 aromatic heterocycles. The maximum absolute atomic E-state index is 12.5. The lowest BCUT2D eigenvalue weighted by molar-refractivity contribution is -0.142. The van der Waals surface area contributed by atoms with Crippen LogP contribution in [0.3, 0.4) is 0 Å². The quantitative estimate of drug-likeness (QED) is 0.795. The third-order valence-corrected chi connectivity index (χ3v) is 3.58. The average Bonchev–Trinajstić information content (AvgIpc) is 2.53. The zero-order chi connectivity index (χ0) is 14.8. The minimum Gasteiger partial charge on any atom is -0.486 e. The molecule has 7 heteroatoms. The van der Waals surface area contributed by atoms with Crippen molar-refractivity contribution >= 4 is 11.9 Å². The molecule has 1 aromatic carbocycles. The first-order valence-electron chi connectivity index (χ1n) is 6.81. The highest BCUT2D eigenvalue weighted by Crippen LogP contribution is 2.31. The number of hydrogen-bond acceptors (Lipinski definition) is 5. The topological polar surface area (TPSA) is 88.1 Å². The summed E-state index contributed by atoms with van der Waals surface area (Å²) < 4.78 is 10.9. The number of piperazine rings is 1. The Kier molecular flexibility index (Phi) is 3.66. The van der Waals surface area contributed by atoms with Crippen LogP contribution in [-0.2, 0) is 4.79 Å². The SMILES string of the molecule is O=C(O)[C@H]1CNCCN1C(=O)c1ccc2c(c1)OCCO2. The molecule has 1 amide bonds. The van der Waals surface area contributed by atoms with Crippen LogP contribution in [0.2, 0.25) is 0 Å². The Morgan fingerprint density at radius 3 is 2.76 bits per heavy atom. The Bertz CT molecular complexity index is 574. The summed E-state index contributed by atoms with van der Waals surface area (Å²) in [5, 5.41) is 12.2. The van der Waals surface area contributed by atoms with Gasteiger partial charge in [0.05, 0.1) is 0 Å². The fraction of sp³-hybridized carbons (Fsp3) is 0.429. The van der Waals surface area contributed by atoms with Gasteiger partial charge in [-0.1, -0.05) is 0 Å². The van der Waals surface area contributed by atoms with E-state index in [4.69, 9.17) is 9.47 Å². The van der Waals surface area contributed by atoms with Crippen molar-refractivity contribution in [3.05, 3.63) is 23.8 Å². The lowest BCUT2D eigenvalue weighted by atomic mass is 10.1. The van der Waals surface area contributed by atoms with Gasteiger partial charge in [0, 0.05) is 25.2 Å². The van der Waals surface area contributed by atoms with Crippen LogP contribution in [0.4, 0.5) is 0 Å². The molecule has 21 heavy (non-hydrogen) atoms. The second-order valence-electron chi connectivity index (χ2n) is 4.92. The fourth-order valence-corrected chi connectivity index (χ4v) is 2.51. The number of rotatable bonds is 2. The Balaban J connectivity index is 1.85. The van der Waals surface area contributed by atoms with Crippen LogP contribution in [-0.4, -0.2) is 60.8 Å². The summed E-state index contributed by atoms with van der Waals surface area (Å²) in [7, 11) is 0. The monoisotopic (exact) mass is 292 g/mol. The third-order valence-electron chi connectivity index (χ3n) is 3.58. The first kappa shape index (κ1) is 13.7. The molecule has 2 heterocycles. The predicted molar refractivity (Wildman–Crippen MR) is 72.8 cm³/mol. The van der Waals surface area contributed by atoms with Gasteiger partial charge in [0.1, 0.15) is 19.3 Å². The van der Waals surface area contributed by atoms with Gasteiger partial charge in [-0.3, -0.25) is 4.79 Å². The summed E-state index contributed by atoms with van der Waals surface area (Å²) in [4.78, 5) is 25.2. The molecule has 0 unspecified atom stereocenters. The molecule has 0 bridgehead atoms. The summed E-state index contributed by atoms with van der Waals surface area (Å²) >= 11 is 0. The standard InChI is InChI=1S/C14H16N2O5/c17-13(16-4-3-15-8-10(16)14(18)19)9-1-2-11-12(7-9)21-6-5-20-11/h1-2,7,10,15H,3-6,8H2,(H,18,19)/t10-/m1/s1. The maximum Gasteiger partial charge on any atom is 0.327 e. The van der Waals surface area contributed by atoms with Gasteiger partial charge in [-0.15, -0.1) is 0 Å². The lowest BCUT2D eigenvalue weighted by Crippen LogP contribution is -2.56. The number of carboxylic acids is 1. The molecule has 112 valence electrons. The van der Waals surface area contributed by atoms with Crippen LogP contribution in [0.1, 0.15) is 10.4 Å². The van der Waals surface area contributed by atoms with Crippen LogP contribution in [0.15, 0.2) is 18.2 Å². The van der Waals surface area contributed by atoms with E-state index < -0.39 is 12.0 Å². The van der Waals surface area contributed by atoms with E-state index in [-0.39, 0.29) is 12.5 Å². The zero-order valence-electron chi connectivity index (χ0n) is 11.4. The van der Waals surface area contributed by atoms with E-state index >= 15 is 0 Å². The number of carboxylic acid groups (broad SMARTS) is 1. The van der Waals surface area contributed by atoms with Gasteiger partial charge in [-0.2, -0.15) is 0 Å². The lowest BCUT2D eigenvalue weighted by Gasteiger charge is -2.33. The molecule has 0 aliphatic carbocycles. The molecule has 2 aliphatic rings. The number of aliphatic carboxylic acids is 1. The van der Waals surface area contributed by atoms with Crippen molar-refractivity contribution in [1.82, 2.24) is 10.2 Å². The number of carbonyl (C=O) groups is 2. The number of amides is 1. The molecule has 1 atom stereocenters. The molecule has 1 fully saturated rings. The predicted octanol–water partition coefficient (Wildman–Crippen LogP) is -0.0436. The van der Waals surface area contributed by atoms with E-state index in [2.05, 4.69) is 5.32 Å². The van der Waals surface area contributed by atoms with E-state index in [1.165, 1.54) is 4.90 Å². The molecule has 3 rings (SSSR count). The Labute approximate surface area is 121 Å². The van der Waals surface area contributed by atoms with Crippen molar-refractivity contribution in [2.75, 3.05) is 32.8 Å². The molecule has 0 spiro atoms. The van der Waals surface area contributed by atoms with E-state index in [0.29, 0.717) is 43.4 Å². The van der Waals surface area contributed by atoms with Crippen LogP contribution in [0, 0.1) is 0 Å². The van der Waals surface area contributed by atoms with Crippen LogP contribution < -0.4 is 14.8 Å². The third kappa shape index (κ3) is 2.64. The van der Waals surface area contributed by atoms with E-state index in [9.17, 15) is 14.7 Å². The van der Waals surface area contributed by atoms with Gasteiger partial charge in [-0.25, -0.2) is 4.79 Å². The van der Waals surface area contributed by atoms with Gasteiger partial charge in [0.25, 0.3) is 5.91 Å². The van der Waals surface area contributed by atoms with Gasteiger partial charge in [0.15, 0.2) is 11.5 Å². The van der Waals surface area contributed by atoms with E-state index in [0.717, 1.165) is 0 Å². The van der Waals surface area contributed by atoms with Crippen LogP contribution >= 0.6 is 0 Å². The largest absolute Gasteiger partial charge is 0.486 e. The zero-order valence-corrected chi connectivity index (χ0v) is 11.4. The molecule has 7 nitrogen and oxygen atoms in total. The minimum absolute atomic E-state index is 0.256. The molecule has 2 aliphatic heterocycles. The summed E-state index contributed by atoms with van der Waals surface area (Å²) in [6, 6.07) is 4.08. The first-order chi connectivity index (χ1) is 10.2. The van der Waals surface area contributed by atoms with Crippen molar-refractivity contribution in [3.63, 3.8) is 0 Å². The van der Waals surface area contributed by atoms with Crippen molar-refractivity contribution in [2.24, 2.45) is 0 Å². The average molecular weight is 292 g/mol. The van der Waals surface area contributed by atoms with Gasteiger partial charge < -0.3 is 24.8 Å². The maximum atomic E-state index is 12.5. The smallest absolute Gasteiger partial charge is 0.327 e. The molecule has 1 saturated heterocycles. The highest BCUT2D eigenvalue weighted by atomic mass is 16.6. The van der Waals surface area contributed by atoms with E-state index in [1.807, 2.05) is 0 Å². The summed E-state index contributed by atoms with van der Waals surface area (Å²) in [5.74, 6) is -0.184. The minimum atomic E-state index is -1.01. The number of nitrogens with zero attached hydrogens (tertiary/aromatic N) is 1. The van der Waals surface area contributed by atoms with Gasteiger partial charge >= 0.3 is 5.97 Å². The Morgan fingerprint density at radius 1 is 1.24 bits per heavy atom. The van der Waals surface area contributed by atoms with Crippen LogP contribution in [0.25, 0.3) is 0 Å². The van der Waals surface area contributed by atoms with Crippen molar-refractivity contribution in [1.29, 1.82) is 0 Å². The molecular formula is C14H16N2O5. The van der Waals surface area contributed by atoms with Crippen LogP contribution in [0.5, 0.6) is 11.5 Å².